The minimum absolute atomic E-state index is 0.107. The number of rotatable bonds is 87. The summed E-state index contributed by atoms with van der Waals surface area (Å²) >= 11 is 0. The van der Waals surface area contributed by atoms with Gasteiger partial charge in [0.05, 0.1) is 26.4 Å². The van der Waals surface area contributed by atoms with E-state index in [4.69, 9.17) is 37.0 Å². The number of esters is 4. The van der Waals surface area contributed by atoms with Crippen LogP contribution in [0.2, 0.25) is 0 Å². The Morgan fingerprint density at radius 1 is 0.271 bits per heavy atom. The van der Waals surface area contributed by atoms with Crippen molar-refractivity contribution in [1.82, 2.24) is 0 Å². The average molecular weight is 1560 g/mol. The Labute approximate surface area is 658 Å². The van der Waals surface area contributed by atoms with Gasteiger partial charge < -0.3 is 33.8 Å². The van der Waals surface area contributed by atoms with E-state index < -0.39 is 97.5 Å². The molecule has 0 heterocycles. The third-order valence-electron chi connectivity index (χ3n) is 21.1. The van der Waals surface area contributed by atoms with Gasteiger partial charge in [0.15, 0.2) is 12.2 Å². The number of unbranched alkanes of at least 4 members (excludes halogenated alkanes) is 56. The van der Waals surface area contributed by atoms with Gasteiger partial charge >= 0.3 is 39.5 Å². The van der Waals surface area contributed by atoms with Gasteiger partial charge in [-0.3, -0.25) is 37.3 Å². The fraction of sp³-hybridized carbons (Fsp3) is 0.955. The molecule has 0 aliphatic carbocycles. The van der Waals surface area contributed by atoms with Crippen molar-refractivity contribution in [2.75, 3.05) is 39.6 Å². The third-order valence-corrected chi connectivity index (χ3v) is 23.0. The van der Waals surface area contributed by atoms with Crippen molar-refractivity contribution < 1.29 is 80.2 Å². The highest BCUT2D eigenvalue weighted by atomic mass is 31.2. The first-order valence-corrected chi connectivity index (χ1v) is 48.5. The van der Waals surface area contributed by atoms with Gasteiger partial charge in [0, 0.05) is 25.7 Å². The van der Waals surface area contributed by atoms with E-state index in [9.17, 15) is 43.2 Å². The summed E-state index contributed by atoms with van der Waals surface area (Å²) in [5.41, 5.74) is 0. The van der Waals surface area contributed by atoms with E-state index in [-0.39, 0.29) is 25.7 Å². The molecular formula is C88H172O17P2. The van der Waals surface area contributed by atoms with Gasteiger partial charge in [-0.1, -0.05) is 420 Å². The van der Waals surface area contributed by atoms with Crippen molar-refractivity contribution >= 4 is 39.5 Å². The first kappa shape index (κ1) is 105. The van der Waals surface area contributed by atoms with E-state index in [0.29, 0.717) is 25.7 Å². The van der Waals surface area contributed by atoms with Gasteiger partial charge in [0.2, 0.25) is 0 Å². The Morgan fingerprint density at radius 3 is 0.710 bits per heavy atom. The number of ether oxygens (including phenoxy) is 4. The van der Waals surface area contributed by atoms with Crippen LogP contribution in [-0.2, 0) is 65.4 Å². The number of carbonyl (C=O) groups excluding carboxylic acids is 4. The highest BCUT2D eigenvalue weighted by Crippen LogP contribution is 2.45. The molecule has 0 fully saturated rings. The normalized spacial score (nSPS) is 14.0. The molecule has 0 rings (SSSR count). The topological polar surface area (TPSA) is 237 Å². The molecule has 0 bridgehead atoms. The second-order valence-electron chi connectivity index (χ2n) is 32.4. The lowest BCUT2D eigenvalue weighted by Crippen LogP contribution is -2.30. The van der Waals surface area contributed by atoms with Gasteiger partial charge in [-0.15, -0.1) is 0 Å². The number of hydrogen-bond donors (Lipinski definition) is 3. The van der Waals surface area contributed by atoms with Gasteiger partial charge in [0.1, 0.15) is 19.3 Å². The summed E-state index contributed by atoms with van der Waals surface area (Å²) in [4.78, 5) is 73.3. The molecular weight excluding hydrogens is 1390 g/mol. The maximum Gasteiger partial charge on any atom is 0.472 e. The first-order valence-electron chi connectivity index (χ1n) is 45.5. The number of aliphatic hydroxyl groups is 1. The van der Waals surface area contributed by atoms with Crippen LogP contribution in [-0.4, -0.2) is 96.7 Å². The molecule has 0 saturated heterocycles. The molecule has 17 nitrogen and oxygen atoms in total. The largest absolute Gasteiger partial charge is 0.472 e. The van der Waals surface area contributed by atoms with E-state index >= 15 is 0 Å². The van der Waals surface area contributed by atoms with Gasteiger partial charge in [-0.2, -0.15) is 0 Å². The minimum atomic E-state index is -4.97. The Hall–Kier alpha value is -1.94. The molecule has 0 aromatic rings. The molecule has 0 radical (unpaired) electrons. The highest BCUT2D eigenvalue weighted by Gasteiger charge is 2.31. The van der Waals surface area contributed by atoms with Crippen LogP contribution < -0.4 is 0 Å². The summed E-state index contributed by atoms with van der Waals surface area (Å²) in [6.07, 6.45) is 72.2. The maximum atomic E-state index is 13.2. The van der Waals surface area contributed by atoms with Gasteiger partial charge in [-0.25, -0.2) is 9.13 Å². The van der Waals surface area contributed by atoms with Crippen LogP contribution in [0.15, 0.2) is 0 Å². The molecule has 3 unspecified atom stereocenters. The molecule has 0 aromatic carbocycles. The van der Waals surface area contributed by atoms with Crippen molar-refractivity contribution in [1.29, 1.82) is 0 Å². The Kier molecular flexibility index (Phi) is 77.9. The summed E-state index contributed by atoms with van der Waals surface area (Å²) in [5, 5.41) is 10.7. The summed E-state index contributed by atoms with van der Waals surface area (Å²) in [6, 6.07) is 0. The van der Waals surface area contributed by atoms with E-state index in [1.54, 1.807) is 0 Å². The van der Waals surface area contributed by atoms with E-state index in [1.807, 2.05) is 0 Å². The maximum absolute atomic E-state index is 13.2. The smallest absolute Gasteiger partial charge is 0.462 e. The zero-order valence-electron chi connectivity index (χ0n) is 70.5. The molecule has 19 heteroatoms. The van der Waals surface area contributed by atoms with E-state index in [2.05, 4.69) is 41.5 Å². The fourth-order valence-corrected chi connectivity index (χ4v) is 15.3. The lowest BCUT2D eigenvalue weighted by atomic mass is 9.99. The molecule has 0 aromatic heterocycles. The van der Waals surface area contributed by atoms with Crippen LogP contribution in [0.3, 0.4) is 0 Å². The molecule has 0 spiro atoms. The summed E-state index contributed by atoms with van der Waals surface area (Å²) < 4.78 is 69.0. The van der Waals surface area contributed by atoms with Crippen LogP contribution in [0.1, 0.15) is 472 Å². The number of aliphatic hydroxyl groups excluding tert-OH is 1. The van der Waals surface area contributed by atoms with Crippen LogP contribution in [0.25, 0.3) is 0 Å². The van der Waals surface area contributed by atoms with Crippen molar-refractivity contribution in [3.63, 3.8) is 0 Å². The third kappa shape index (κ3) is 80.5. The zero-order chi connectivity index (χ0) is 78.5. The van der Waals surface area contributed by atoms with Crippen molar-refractivity contribution in [2.24, 2.45) is 11.8 Å². The molecule has 0 amide bonds. The standard InChI is InChI=1S/C88H172O17P2/c1-7-10-12-14-16-18-20-22-23-24-25-29-32-36-40-47-53-59-65-71-86(91)99-76-83(104-87(92)72-66-60-54-48-41-37-33-30-27-26-28-31-35-38-45-51-57-63-69-81(6)9-3)78-102-106(94,95)100-74-82(89)75-101-107(96,97)103-79-84(105-88(93)73-67-61-55-49-43-42-44-50-56-62-68-80(4)5)77-98-85(90)70-64-58-52-46-39-34-21-19-17-15-13-11-8-2/h80-84,89H,7-79H2,1-6H3,(H,94,95)(H,96,97)/t81?,82-,83-,84-/m1/s1. The van der Waals surface area contributed by atoms with Crippen LogP contribution in [0.5, 0.6) is 0 Å². The van der Waals surface area contributed by atoms with Gasteiger partial charge in [0.25, 0.3) is 0 Å². The molecule has 0 aliphatic rings. The minimum Gasteiger partial charge on any atom is -0.462 e. The van der Waals surface area contributed by atoms with Crippen LogP contribution >= 0.6 is 15.6 Å². The van der Waals surface area contributed by atoms with Crippen molar-refractivity contribution in [3.8, 4) is 0 Å². The van der Waals surface area contributed by atoms with Crippen LogP contribution in [0, 0.1) is 11.8 Å². The summed E-state index contributed by atoms with van der Waals surface area (Å²) in [7, 11) is -9.93. The summed E-state index contributed by atoms with van der Waals surface area (Å²) in [5.74, 6) is -0.476. The molecule has 0 saturated carbocycles. The molecule has 6 atom stereocenters. The van der Waals surface area contributed by atoms with Crippen molar-refractivity contribution in [2.45, 2.75) is 490 Å². The predicted octanol–water partition coefficient (Wildman–Crippen LogP) is 27.0. The second-order valence-corrected chi connectivity index (χ2v) is 35.3. The fourth-order valence-electron chi connectivity index (χ4n) is 13.7. The van der Waals surface area contributed by atoms with E-state index in [1.165, 1.54) is 289 Å². The second kappa shape index (κ2) is 79.3. The lowest BCUT2D eigenvalue weighted by Gasteiger charge is -2.21. The number of phosphoric ester groups is 2. The lowest BCUT2D eigenvalue weighted by molar-refractivity contribution is -0.161. The molecule has 107 heavy (non-hydrogen) atoms. The Bertz CT molecular complexity index is 2050. The Balaban J connectivity index is 5.24. The SMILES string of the molecule is CCCCCCCCCCCCCCCCCCCCCC(=O)OC[C@H](COP(=O)(O)OC[C@@H](O)COP(=O)(O)OC[C@@H](COC(=O)CCCCCCCCCCCCCCC)OC(=O)CCCCCCCCCCCCC(C)C)OC(=O)CCCCCCCCCCCCCCCCCCCCC(C)CC. The number of phosphoric acid groups is 2. The monoisotopic (exact) mass is 1560 g/mol. The Morgan fingerprint density at radius 2 is 0.477 bits per heavy atom. The molecule has 0 aliphatic heterocycles. The van der Waals surface area contributed by atoms with E-state index in [0.717, 1.165) is 102 Å². The van der Waals surface area contributed by atoms with Crippen LogP contribution in [0.4, 0.5) is 0 Å². The highest BCUT2D eigenvalue weighted by molar-refractivity contribution is 7.47. The number of carbonyl (C=O) groups is 4. The molecule has 3 N–H and O–H groups in total. The van der Waals surface area contributed by atoms with Crippen molar-refractivity contribution in [3.05, 3.63) is 0 Å². The average Bonchev–Trinajstić information content (AvgIpc) is 0.902. The first-order chi connectivity index (χ1) is 51.9. The zero-order valence-corrected chi connectivity index (χ0v) is 72.2. The van der Waals surface area contributed by atoms with Gasteiger partial charge in [-0.05, 0) is 37.5 Å². The quantitative estimate of drug-likeness (QED) is 0.0222. The molecule has 636 valence electrons. The predicted molar refractivity (Wildman–Crippen MR) is 442 cm³/mol. The summed E-state index contributed by atoms with van der Waals surface area (Å²) in [6.45, 7) is 9.74. The number of hydrogen-bond acceptors (Lipinski definition) is 15.